The molecule has 2 rings (SSSR count). The number of hydrogen-bond donors (Lipinski definition) is 2. The van der Waals surface area contributed by atoms with Crippen LogP contribution in [-0.4, -0.2) is 35.8 Å². The number of hydrogen-bond acceptors (Lipinski definition) is 5. The molecule has 0 radical (unpaired) electrons. The number of nitrogens with two attached hydrogens (primary N) is 1. The maximum absolute atomic E-state index is 11.9. The molecule has 1 aromatic heterocycles. The molecular formula is C12H16ClN3O2S. The van der Waals surface area contributed by atoms with E-state index in [1.807, 2.05) is 17.9 Å². The number of thiophene rings is 1. The van der Waals surface area contributed by atoms with Crippen molar-refractivity contribution in [2.45, 2.75) is 25.4 Å². The summed E-state index contributed by atoms with van der Waals surface area (Å²) in [5.41, 5.74) is 5.83. The minimum atomic E-state index is -0.327. The zero-order valence-electron chi connectivity index (χ0n) is 10.6. The van der Waals surface area contributed by atoms with E-state index in [1.54, 1.807) is 6.07 Å². The van der Waals surface area contributed by atoms with Crippen LogP contribution < -0.4 is 11.1 Å². The van der Waals surface area contributed by atoms with Gasteiger partial charge in [0.2, 0.25) is 11.8 Å². The lowest BCUT2D eigenvalue weighted by Gasteiger charge is -2.38. The van der Waals surface area contributed by atoms with E-state index < -0.39 is 0 Å². The minimum absolute atomic E-state index is 0.155. The monoisotopic (exact) mass is 301 g/mol. The summed E-state index contributed by atoms with van der Waals surface area (Å²) >= 11 is 7.37. The molecule has 7 heteroatoms. The zero-order valence-corrected chi connectivity index (χ0v) is 12.1. The van der Waals surface area contributed by atoms with Crippen LogP contribution in [0.15, 0.2) is 12.1 Å². The molecule has 104 valence electrons. The molecule has 1 aromatic rings. The highest BCUT2D eigenvalue weighted by Gasteiger charge is 2.37. The molecule has 0 aliphatic carbocycles. The van der Waals surface area contributed by atoms with Gasteiger partial charge in [-0.2, -0.15) is 0 Å². The summed E-state index contributed by atoms with van der Waals surface area (Å²) in [6, 6.07) is 3.22. The van der Waals surface area contributed by atoms with E-state index in [1.165, 1.54) is 11.3 Å². The smallest absolute Gasteiger partial charge is 0.243 e. The standard InChI is InChI=1S/C12H16ClN3O2S/c1-2-7-12(18)15-11(17)6-16(7)8(5-14)9-3-4-10(13)19-9/h3-4,7-8H,2,5-6,14H2,1H3,(H,15,17,18). The summed E-state index contributed by atoms with van der Waals surface area (Å²) in [4.78, 5) is 26.3. The molecule has 1 saturated heterocycles. The molecule has 2 atom stereocenters. The second-order valence-corrected chi connectivity index (χ2v) is 6.15. The molecule has 5 nitrogen and oxygen atoms in total. The summed E-state index contributed by atoms with van der Waals surface area (Å²) in [5, 5.41) is 2.36. The number of carbonyl (C=O) groups excluding carboxylic acids is 2. The first-order chi connectivity index (χ1) is 9.06. The van der Waals surface area contributed by atoms with Crippen molar-refractivity contribution in [3.8, 4) is 0 Å². The Hall–Kier alpha value is -0.950. The predicted octanol–water partition coefficient (Wildman–Crippen LogP) is 1.14. The number of piperazine rings is 1. The number of amides is 2. The molecule has 0 bridgehead atoms. The number of imide groups is 1. The van der Waals surface area contributed by atoms with Crippen molar-refractivity contribution in [2.24, 2.45) is 5.73 Å². The average molecular weight is 302 g/mol. The van der Waals surface area contributed by atoms with Gasteiger partial charge >= 0.3 is 0 Å². The summed E-state index contributed by atoms with van der Waals surface area (Å²) in [7, 11) is 0. The van der Waals surface area contributed by atoms with Gasteiger partial charge in [0.25, 0.3) is 0 Å². The normalized spacial score (nSPS) is 22.4. The van der Waals surface area contributed by atoms with Crippen molar-refractivity contribution in [3.05, 3.63) is 21.3 Å². The van der Waals surface area contributed by atoms with E-state index in [-0.39, 0.29) is 30.4 Å². The third-order valence-corrected chi connectivity index (χ3v) is 4.56. The average Bonchev–Trinajstić information content (AvgIpc) is 2.76. The third-order valence-electron chi connectivity index (χ3n) is 3.22. The predicted molar refractivity (Wildman–Crippen MR) is 75.1 cm³/mol. The quantitative estimate of drug-likeness (QED) is 0.818. The van der Waals surface area contributed by atoms with Gasteiger partial charge in [-0.3, -0.25) is 19.8 Å². The first-order valence-corrected chi connectivity index (χ1v) is 7.31. The second-order valence-electron chi connectivity index (χ2n) is 4.40. The topological polar surface area (TPSA) is 75.4 Å². The highest BCUT2D eigenvalue weighted by Crippen LogP contribution is 2.32. The van der Waals surface area contributed by atoms with Crippen LogP contribution in [0.3, 0.4) is 0 Å². The van der Waals surface area contributed by atoms with Crippen molar-refractivity contribution in [3.63, 3.8) is 0 Å². The first-order valence-electron chi connectivity index (χ1n) is 6.11. The highest BCUT2D eigenvalue weighted by atomic mass is 35.5. The van der Waals surface area contributed by atoms with Gasteiger partial charge in [-0.25, -0.2) is 0 Å². The Kier molecular flexibility index (Phi) is 4.57. The molecule has 3 N–H and O–H groups in total. The summed E-state index contributed by atoms with van der Waals surface area (Å²) in [5.74, 6) is -0.532. The molecule has 1 aliphatic heterocycles. The van der Waals surface area contributed by atoms with Crippen LogP contribution >= 0.6 is 22.9 Å². The summed E-state index contributed by atoms with van der Waals surface area (Å²) < 4.78 is 0.675. The molecular weight excluding hydrogens is 286 g/mol. The van der Waals surface area contributed by atoms with Gasteiger partial charge in [0.1, 0.15) is 0 Å². The molecule has 2 unspecified atom stereocenters. The van der Waals surface area contributed by atoms with Crippen LogP contribution in [0.5, 0.6) is 0 Å². The molecule has 1 fully saturated rings. The fraction of sp³-hybridized carbons (Fsp3) is 0.500. The van der Waals surface area contributed by atoms with Crippen LogP contribution in [0.1, 0.15) is 24.3 Å². The largest absolute Gasteiger partial charge is 0.329 e. The van der Waals surface area contributed by atoms with Crippen molar-refractivity contribution >= 4 is 34.8 Å². The fourth-order valence-corrected chi connectivity index (χ4v) is 3.55. The number of halogens is 1. The van der Waals surface area contributed by atoms with Crippen LogP contribution in [0.25, 0.3) is 0 Å². The lowest BCUT2D eigenvalue weighted by atomic mass is 10.0. The Labute approximate surface area is 120 Å². The van der Waals surface area contributed by atoms with Gasteiger partial charge in [0.05, 0.1) is 23.0 Å². The molecule has 0 aromatic carbocycles. The van der Waals surface area contributed by atoms with E-state index in [2.05, 4.69) is 5.32 Å². The Bertz CT molecular complexity index is 491. The number of carbonyl (C=O) groups is 2. The van der Waals surface area contributed by atoms with Crippen molar-refractivity contribution in [1.82, 2.24) is 10.2 Å². The Morgan fingerprint density at radius 3 is 2.84 bits per heavy atom. The van der Waals surface area contributed by atoms with Crippen LogP contribution in [0, 0.1) is 0 Å². The number of rotatable bonds is 4. The lowest BCUT2D eigenvalue weighted by molar-refractivity contribution is -0.141. The van der Waals surface area contributed by atoms with Crippen molar-refractivity contribution in [2.75, 3.05) is 13.1 Å². The zero-order chi connectivity index (χ0) is 14.0. The maximum Gasteiger partial charge on any atom is 0.243 e. The summed E-state index contributed by atoms with van der Waals surface area (Å²) in [6.45, 7) is 2.44. The van der Waals surface area contributed by atoms with E-state index >= 15 is 0 Å². The van der Waals surface area contributed by atoms with Crippen LogP contribution in [0.2, 0.25) is 4.34 Å². The number of nitrogens with zero attached hydrogens (tertiary/aromatic N) is 1. The second kappa shape index (κ2) is 6.00. The molecule has 19 heavy (non-hydrogen) atoms. The molecule has 2 heterocycles. The Morgan fingerprint density at radius 1 is 1.58 bits per heavy atom. The van der Waals surface area contributed by atoms with Gasteiger partial charge in [0, 0.05) is 11.4 Å². The Morgan fingerprint density at radius 2 is 2.32 bits per heavy atom. The Balaban J connectivity index is 2.29. The van der Waals surface area contributed by atoms with E-state index in [0.29, 0.717) is 17.3 Å². The van der Waals surface area contributed by atoms with Crippen molar-refractivity contribution < 1.29 is 9.59 Å². The molecule has 0 saturated carbocycles. The van der Waals surface area contributed by atoms with E-state index in [4.69, 9.17) is 17.3 Å². The van der Waals surface area contributed by atoms with Gasteiger partial charge in [0.15, 0.2) is 0 Å². The van der Waals surface area contributed by atoms with Gasteiger partial charge in [-0.1, -0.05) is 18.5 Å². The first kappa shape index (κ1) is 14.5. The van der Waals surface area contributed by atoms with Crippen LogP contribution in [-0.2, 0) is 9.59 Å². The van der Waals surface area contributed by atoms with Gasteiger partial charge < -0.3 is 5.73 Å². The summed E-state index contributed by atoms with van der Waals surface area (Å²) in [6.07, 6.45) is 0.634. The fourth-order valence-electron chi connectivity index (χ4n) is 2.36. The maximum atomic E-state index is 11.9. The SMILES string of the molecule is CCC1C(=O)NC(=O)CN1C(CN)c1ccc(Cl)s1. The van der Waals surface area contributed by atoms with E-state index in [0.717, 1.165) is 4.88 Å². The minimum Gasteiger partial charge on any atom is -0.329 e. The van der Waals surface area contributed by atoms with Crippen molar-refractivity contribution in [1.29, 1.82) is 0 Å². The van der Waals surface area contributed by atoms with Gasteiger partial charge in [-0.05, 0) is 18.6 Å². The van der Waals surface area contributed by atoms with Gasteiger partial charge in [-0.15, -0.1) is 11.3 Å². The molecule has 1 aliphatic rings. The highest BCUT2D eigenvalue weighted by molar-refractivity contribution is 7.16. The third kappa shape index (κ3) is 2.97. The number of nitrogens with one attached hydrogen (secondary N) is 1. The molecule has 0 spiro atoms. The lowest BCUT2D eigenvalue weighted by Crippen LogP contribution is -2.59. The van der Waals surface area contributed by atoms with Crippen LogP contribution in [0.4, 0.5) is 0 Å². The molecule has 2 amide bonds. The van der Waals surface area contributed by atoms with E-state index in [9.17, 15) is 9.59 Å².